The van der Waals surface area contributed by atoms with E-state index in [1.165, 1.54) is 12.1 Å². The molecule has 0 aliphatic rings. The summed E-state index contributed by atoms with van der Waals surface area (Å²) < 4.78 is 39.7. The molecule has 0 fully saturated rings. The second kappa shape index (κ2) is 7.78. The zero-order valence-electron chi connectivity index (χ0n) is 9.93. The van der Waals surface area contributed by atoms with Crippen LogP contribution in [0.1, 0.15) is 19.3 Å². The normalized spacial score (nSPS) is 11.8. The Balaban J connectivity index is 2.75. The minimum Gasteiger partial charge on any atom is -0.211 e. The molecule has 1 N–H and O–H groups in total. The van der Waals surface area contributed by atoms with Crippen molar-refractivity contribution in [3.8, 4) is 0 Å². The summed E-state index contributed by atoms with van der Waals surface area (Å²) >= 11 is 14.5. The van der Waals surface area contributed by atoms with Crippen LogP contribution in [0.5, 0.6) is 0 Å². The Kier molecular flexibility index (Phi) is 7.04. The molecule has 0 saturated heterocycles. The monoisotopic (exact) mass is 391 g/mol. The number of alkyl halides is 1. The van der Waals surface area contributed by atoms with Crippen molar-refractivity contribution in [2.45, 2.75) is 24.2 Å². The molecule has 0 aromatic heterocycles. The van der Waals surface area contributed by atoms with Crippen LogP contribution < -0.4 is 4.72 Å². The lowest BCUT2D eigenvalue weighted by molar-refractivity contribution is 0.573. The Hall–Kier alpha value is 0.120. The molecule has 108 valence electrons. The summed E-state index contributed by atoms with van der Waals surface area (Å²) in [4.78, 5) is -0.295. The third-order valence-electron chi connectivity index (χ3n) is 2.39. The van der Waals surface area contributed by atoms with E-state index in [0.29, 0.717) is 6.42 Å². The Morgan fingerprint density at radius 1 is 1.21 bits per heavy atom. The van der Waals surface area contributed by atoms with Crippen LogP contribution in [0.3, 0.4) is 0 Å². The molecular formula is C11H13BrCl2FNO2S. The molecule has 0 radical (unpaired) electrons. The predicted octanol–water partition coefficient (Wildman–Crippen LogP) is 3.98. The zero-order valence-corrected chi connectivity index (χ0v) is 13.8. The fourth-order valence-corrected chi connectivity index (χ4v) is 3.61. The molecule has 0 amide bonds. The second-order valence-electron chi connectivity index (χ2n) is 3.82. The molecule has 0 atom stereocenters. The summed E-state index contributed by atoms with van der Waals surface area (Å²) in [6.45, 7) is 0.288. The fourth-order valence-electron chi connectivity index (χ4n) is 1.40. The largest absolute Gasteiger partial charge is 0.242 e. The van der Waals surface area contributed by atoms with Gasteiger partial charge in [0, 0.05) is 11.9 Å². The lowest BCUT2D eigenvalue weighted by Gasteiger charge is -2.09. The molecule has 1 rings (SSSR count). The summed E-state index contributed by atoms with van der Waals surface area (Å²) in [6, 6.07) is 2.36. The molecule has 19 heavy (non-hydrogen) atoms. The standard InChI is InChI=1S/C11H13BrCl2FNO2S/c12-6-2-1-3-7-16-19(17,18)9-5-4-8(13)11(15)10(9)14/h4-5,16H,1-3,6-7H2. The molecule has 0 heterocycles. The molecule has 0 unspecified atom stereocenters. The van der Waals surface area contributed by atoms with Crippen LogP contribution in [0.15, 0.2) is 17.0 Å². The molecule has 0 bridgehead atoms. The van der Waals surface area contributed by atoms with Crippen molar-refractivity contribution in [3.63, 3.8) is 0 Å². The SMILES string of the molecule is O=S(=O)(NCCCCCBr)c1ccc(Cl)c(F)c1Cl. The number of hydrogen-bond acceptors (Lipinski definition) is 2. The predicted molar refractivity (Wildman–Crippen MR) is 79.3 cm³/mol. The summed E-state index contributed by atoms with van der Waals surface area (Å²) in [5.41, 5.74) is 0. The molecule has 1 aromatic carbocycles. The van der Waals surface area contributed by atoms with Gasteiger partial charge in [-0.25, -0.2) is 17.5 Å². The highest BCUT2D eigenvalue weighted by atomic mass is 79.9. The third-order valence-corrected chi connectivity index (χ3v) is 5.23. The average Bonchev–Trinajstić information content (AvgIpc) is 2.35. The summed E-state index contributed by atoms with van der Waals surface area (Å²) in [5.74, 6) is -0.925. The number of unbranched alkanes of at least 4 members (excludes halogenated alkanes) is 2. The summed E-state index contributed by atoms with van der Waals surface area (Å²) in [7, 11) is -3.81. The third kappa shape index (κ3) is 4.86. The number of sulfonamides is 1. The van der Waals surface area contributed by atoms with E-state index in [1.807, 2.05) is 0 Å². The summed E-state index contributed by atoms with van der Waals surface area (Å²) in [6.07, 6.45) is 2.58. The smallest absolute Gasteiger partial charge is 0.211 e. The van der Waals surface area contributed by atoms with Crippen LogP contribution in [0, 0.1) is 5.82 Å². The first-order chi connectivity index (χ1) is 8.90. The molecule has 0 aliphatic carbocycles. The number of halogens is 4. The maximum Gasteiger partial charge on any atom is 0.242 e. The van der Waals surface area contributed by atoms with E-state index in [2.05, 4.69) is 20.7 Å². The van der Waals surface area contributed by atoms with Crippen molar-refractivity contribution in [3.05, 3.63) is 28.0 Å². The van der Waals surface area contributed by atoms with E-state index in [-0.39, 0.29) is 16.5 Å². The fraction of sp³-hybridized carbons (Fsp3) is 0.455. The van der Waals surface area contributed by atoms with Gasteiger partial charge >= 0.3 is 0 Å². The van der Waals surface area contributed by atoms with Crippen molar-refractivity contribution in [1.29, 1.82) is 0 Å². The zero-order chi connectivity index (χ0) is 14.5. The number of benzene rings is 1. The summed E-state index contributed by atoms with van der Waals surface area (Å²) in [5, 5.41) is 0.190. The minimum atomic E-state index is -3.81. The van der Waals surface area contributed by atoms with Gasteiger partial charge in [-0.3, -0.25) is 0 Å². The lowest BCUT2D eigenvalue weighted by Crippen LogP contribution is -2.25. The van der Waals surface area contributed by atoms with Crippen LogP contribution in [0.2, 0.25) is 10.0 Å². The topological polar surface area (TPSA) is 46.2 Å². The van der Waals surface area contributed by atoms with E-state index in [9.17, 15) is 12.8 Å². The Bertz CT molecular complexity index is 540. The van der Waals surface area contributed by atoms with Gasteiger partial charge in [0.2, 0.25) is 10.0 Å². The van der Waals surface area contributed by atoms with Gasteiger partial charge in [-0.15, -0.1) is 0 Å². The van der Waals surface area contributed by atoms with E-state index in [0.717, 1.165) is 18.2 Å². The van der Waals surface area contributed by atoms with Gasteiger partial charge in [0.05, 0.1) is 10.0 Å². The van der Waals surface area contributed by atoms with Crippen LogP contribution >= 0.6 is 39.1 Å². The van der Waals surface area contributed by atoms with Gasteiger partial charge in [-0.05, 0) is 25.0 Å². The first-order valence-electron chi connectivity index (χ1n) is 5.59. The van der Waals surface area contributed by atoms with Crippen molar-refractivity contribution in [1.82, 2.24) is 4.72 Å². The number of nitrogens with one attached hydrogen (secondary N) is 1. The van der Waals surface area contributed by atoms with Gasteiger partial charge in [0.25, 0.3) is 0 Å². The van der Waals surface area contributed by atoms with Crippen LogP contribution in [-0.2, 0) is 10.0 Å². The second-order valence-corrected chi connectivity index (χ2v) is 7.13. The van der Waals surface area contributed by atoms with Crippen LogP contribution in [-0.4, -0.2) is 20.3 Å². The van der Waals surface area contributed by atoms with Gasteiger partial charge < -0.3 is 0 Å². The van der Waals surface area contributed by atoms with E-state index >= 15 is 0 Å². The van der Waals surface area contributed by atoms with E-state index < -0.39 is 20.9 Å². The van der Waals surface area contributed by atoms with Crippen molar-refractivity contribution < 1.29 is 12.8 Å². The highest BCUT2D eigenvalue weighted by Crippen LogP contribution is 2.29. The van der Waals surface area contributed by atoms with Crippen LogP contribution in [0.4, 0.5) is 4.39 Å². The van der Waals surface area contributed by atoms with Crippen molar-refractivity contribution in [2.24, 2.45) is 0 Å². The van der Waals surface area contributed by atoms with Crippen molar-refractivity contribution in [2.75, 3.05) is 11.9 Å². The Labute approximate surface area is 130 Å². The minimum absolute atomic E-state index is 0.207. The number of rotatable bonds is 7. The lowest BCUT2D eigenvalue weighted by atomic mass is 10.3. The molecule has 1 aromatic rings. The van der Waals surface area contributed by atoms with Gasteiger partial charge in [-0.2, -0.15) is 0 Å². The van der Waals surface area contributed by atoms with E-state index in [4.69, 9.17) is 23.2 Å². The van der Waals surface area contributed by atoms with Gasteiger partial charge in [0.15, 0.2) is 5.82 Å². The highest BCUT2D eigenvalue weighted by Gasteiger charge is 2.21. The molecule has 8 heteroatoms. The molecule has 0 saturated carbocycles. The van der Waals surface area contributed by atoms with Crippen molar-refractivity contribution >= 4 is 49.2 Å². The molecular weight excluding hydrogens is 380 g/mol. The quantitative estimate of drug-likeness (QED) is 0.433. The van der Waals surface area contributed by atoms with Gasteiger partial charge in [-0.1, -0.05) is 45.6 Å². The first kappa shape index (κ1) is 17.2. The van der Waals surface area contributed by atoms with E-state index in [1.54, 1.807) is 0 Å². The number of hydrogen-bond donors (Lipinski definition) is 1. The Morgan fingerprint density at radius 3 is 2.53 bits per heavy atom. The molecule has 3 nitrogen and oxygen atoms in total. The molecule has 0 aliphatic heterocycles. The highest BCUT2D eigenvalue weighted by molar-refractivity contribution is 9.09. The van der Waals surface area contributed by atoms with Gasteiger partial charge in [0.1, 0.15) is 4.90 Å². The maximum absolute atomic E-state index is 13.4. The average molecular weight is 393 g/mol. The first-order valence-corrected chi connectivity index (χ1v) is 8.95. The molecule has 0 spiro atoms. The van der Waals surface area contributed by atoms with Crippen LogP contribution in [0.25, 0.3) is 0 Å². The maximum atomic E-state index is 13.4. The Morgan fingerprint density at radius 2 is 1.89 bits per heavy atom.